The molecule has 0 aliphatic carbocycles. The molecule has 2 amide bonds. The SMILES string of the molecule is NC(=O)c1cnc(C(=O)NCCC(=O)O)[nH]c1=O. The Labute approximate surface area is 100 Å². The van der Waals surface area contributed by atoms with Crippen molar-refractivity contribution < 1.29 is 19.5 Å². The fourth-order valence-electron chi connectivity index (χ4n) is 1.05. The number of amides is 2. The molecule has 0 unspecified atom stereocenters. The van der Waals surface area contributed by atoms with E-state index in [0.717, 1.165) is 6.20 Å². The first-order valence-corrected chi connectivity index (χ1v) is 4.81. The van der Waals surface area contributed by atoms with E-state index in [-0.39, 0.29) is 24.4 Å². The van der Waals surface area contributed by atoms with Gasteiger partial charge in [0.25, 0.3) is 17.4 Å². The normalized spacial score (nSPS) is 9.78. The van der Waals surface area contributed by atoms with Gasteiger partial charge in [0.2, 0.25) is 0 Å². The van der Waals surface area contributed by atoms with Crippen molar-refractivity contribution in [1.29, 1.82) is 0 Å². The highest BCUT2D eigenvalue weighted by molar-refractivity contribution is 5.93. The number of nitrogens with one attached hydrogen (secondary N) is 2. The van der Waals surface area contributed by atoms with Crippen LogP contribution in [0.4, 0.5) is 0 Å². The van der Waals surface area contributed by atoms with Gasteiger partial charge in [-0.3, -0.25) is 19.2 Å². The van der Waals surface area contributed by atoms with Crippen LogP contribution in [0.5, 0.6) is 0 Å². The molecular formula is C9H10N4O5. The molecule has 1 aromatic heterocycles. The third kappa shape index (κ3) is 3.40. The van der Waals surface area contributed by atoms with Crippen LogP contribution in [0.2, 0.25) is 0 Å². The van der Waals surface area contributed by atoms with Gasteiger partial charge in [-0.15, -0.1) is 0 Å². The summed E-state index contributed by atoms with van der Waals surface area (Å²) in [6, 6.07) is 0. The molecule has 0 atom stereocenters. The van der Waals surface area contributed by atoms with Crippen molar-refractivity contribution in [1.82, 2.24) is 15.3 Å². The van der Waals surface area contributed by atoms with Gasteiger partial charge in [-0.25, -0.2) is 4.98 Å². The molecule has 96 valence electrons. The fourth-order valence-corrected chi connectivity index (χ4v) is 1.05. The van der Waals surface area contributed by atoms with E-state index in [1.807, 2.05) is 0 Å². The van der Waals surface area contributed by atoms with Crippen molar-refractivity contribution in [2.45, 2.75) is 6.42 Å². The minimum Gasteiger partial charge on any atom is -0.481 e. The Bertz CT molecular complexity index is 550. The zero-order valence-electron chi connectivity index (χ0n) is 9.10. The van der Waals surface area contributed by atoms with E-state index in [0.29, 0.717) is 0 Å². The first kappa shape index (κ1) is 13.4. The number of rotatable bonds is 5. The number of aromatic amines is 1. The zero-order valence-corrected chi connectivity index (χ0v) is 9.10. The number of carbonyl (C=O) groups is 3. The number of primary amides is 1. The fraction of sp³-hybridized carbons (Fsp3) is 0.222. The summed E-state index contributed by atoms with van der Waals surface area (Å²) in [6.07, 6.45) is 0.628. The highest BCUT2D eigenvalue weighted by Gasteiger charge is 2.12. The average Bonchev–Trinajstić information content (AvgIpc) is 2.27. The maximum absolute atomic E-state index is 11.4. The number of nitrogens with zero attached hydrogens (tertiary/aromatic N) is 1. The molecule has 1 aromatic rings. The number of carboxylic acid groups (broad SMARTS) is 1. The van der Waals surface area contributed by atoms with Gasteiger partial charge in [0.15, 0.2) is 5.82 Å². The van der Waals surface area contributed by atoms with Gasteiger partial charge < -0.3 is 21.1 Å². The van der Waals surface area contributed by atoms with Crippen LogP contribution >= 0.6 is 0 Å². The van der Waals surface area contributed by atoms with Crippen LogP contribution in [0.1, 0.15) is 27.4 Å². The number of nitrogens with two attached hydrogens (primary N) is 1. The summed E-state index contributed by atoms with van der Waals surface area (Å²) in [7, 11) is 0. The van der Waals surface area contributed by atoms with Crippen LogP contribution in [-0.2, 0) is 4.79 Å². The predicted octanol–water partition coefficient (Wildman–Crippen LogP) is -1.93. The van der Waals surface area contributed by atoms with E-state index in [4.69, 9.17) is 10.8 Å². The number of carbonyl (C=O) groups excluding carboxylic acids is 2. The van der Waals surface area contributed by atoms with Gasteiger partial charge in [-0.05, 0) is 0 Å². The molecule has 0 fully saturated rings. The Morgan fingerprint density at radius 3 is 2.61 bits per heavy atom. The quantitative estimate of drug-likeness (QED) is 0.479. The van der Waals surface area contributed by atoms with Crippen molar-refractivity contribution >= 4 is 17.8 Å². The summed E-state index contributed by atoms with van der Waals surface area (Å²) in [5.74, 6) is -3.10. The van der Waals surface area contributed by atoms with Crippen LogP contribution in [0.3, 0.4) is 0 Å². The minimum absolute atomic E-state index is 0.102. The molecule has 9 nitrogen and oxygen atoms in total. The summed E-state index contributed by atoms with van der Waals surface area (Å²) in [5, 5.41) is 10.6. The molecule has 0 aliphatic heterocycles. The highest BCUT2D eigenvalue weighted by atomic mass is 16.4. The number of hydrogen-bond acceptors (Lipinski definition) is 5. The standard InChI is InChI=1S/C9H10N4O5/c10-6(16)4-3-12-7(13-8(4)17)9(18)11-2-1-5(14)15/h3H,1-2H2,(H2,10,16)(H,11,18)(H,14,15)(H,12,13,17). The largest absolute Gasteiger partial charge is 0.481 e. The Kier molecular flexibility index (Phi) is 4.13. The van der Waals surface area contributed by atoms with Gasteiger partial charge in [0.1, 0.15) is 5.56 Å². The van der Waals surface area contributed by atoms with Gasteiger partial charge in [-0.1, -0.05) is 0 Å². The number of carboxylic acids is 1. The molecular weight excluding hydrogens is 244 g/mol. The number of aliphatic carboxylic acids is 1. The Balaban J connectivity index is 2.76. The lowest BCUT2D eigenvalue weighted by atomic mass is 10.3. The van der Waals surface area contributed by atoms with E-state index >= 15 is 0 Å². The summed E-state index contributed by atoms with van der Waals surface area (Å²) in [5.41, 5.74) is 3.69. The average molecular weight is 254 g/mol. The monoisotopic (exact) mass is 254 g/mol. The summed E-state index contributed by atoms with van der Waals surface area (Å²) in [6.45, 7) is -0.102. The molecule has 1 rings (SSSR count). The smallest absolute Gasteiger partial charge is 0.305 e. The highest BCUT2D eigenvalue weighted by Crippen LogP contribution is 1.90. The van der Waals surface area contributed by atoms with E-state index < -0.39 is 23.3 Å². The second-order valence-electron chi connectivity index (χ2n) is 3.24. The van der Waals surface area contributed by atoms with Gasteiger partial charge in [0.05, 0.1) is 6.42 Å². The third-order valence-electron chi connectivity index (χ3n) is 1.90. The second kappa shape index (κ2) is 5.57. The lowest BCUT2D eigenvalue weighted by molar-refractivity contribution is -0.136. The molecule has 5 N–H and O–H groups in total. The second-order valence-corrected chi connectivity index (χ2v) is 3.24. The van der Waals surface area contributed by atoms with Crippen molar-refractivity contribution in [2.24, 2.45) is 5.73 Å². The lowest BCUT2D eigenvalue weighted by Crippen LogP contribution is -2.32. The van der Waals surface area contributed by atoms with Gasteiger partial charge in [0, 0.05) is 12.7 Å². The molecule has 1 heterocycles. The van der Waals surface area contributed by atoms with Crippen LogP contribution in [0, 0.1) is 0 Å². The minimum atomic E-state index is -1.07. The Hall–Kier alpha value is -2.71. The number of H-pyrrole nitrogens is 1. The van der Waals surface area contributed by atoms with E-state index in [1.54, 1.807) is 0 Å². The maximum atomic E-state index is 11.4. The van der Waals surface area contributed by atoms with E-state index in [9.17, 15) is 19.2 Å². The lowest BCUT2D eigenvalue weighted by Gasteiger charge is -2.02. The van der Waals surface area contributed by atoms with E-state index in [1.165, 1.54) is 0 Å². The first-order chi connectivity index (χ1) is 8.41. The van der Waals surface area contributed by atoms with Crippen molar-refractivity contribution in [3.05, 3.63) is 27.9 Å². The van der Waals surface area contributed by atoms with Crippen LogP contribution in [0.25, 0.3) is 0 Å². The molecule has 0 bridgehead atoms. The first-order valence-electron chi connectivity index (χ1n) is 4.81. The van der Waals surface area contributed by atoms with Crippen molar-refractivity contribution in [3.63, 3.8) is 0 Å². The molecule has 0 radical (unpaired) electrons. The van der Waals surface area contributed by atoms with Crippen molar-refractivity contribution in [3.8, 4) is 0 Å². The van der Waals surface area contributed by atoms with Crippen LogP contribution in [0.15, 0.2) is 11.0 Å². The summed E-state index contributed by atoms with van der Waals surface area (Å²) in [4.78, 5) is 49.3. The van der Waals surface area contributed by atoms with E-state index in [2.05, 4.69) is 15.3 Å². The van der Waals surface area contributed by atoms with Crippen LogP contribution in [-0.4, -0.2) is 39.4 Å². The molecule has 9 heteroatoms. The molecule has 0 spiro atoms. The van der Waals surface area contributed by atoms with Gasteiger partial charge in [-0.2, -0.15) is 0 Å². The molecule has 0 aliphatic rings. The van der Waals surface area contributed by atoms with Crippen molar-refractivity contribution in [2.75, 3.05) is 6.54 Å². The topological polar surface area (TPSA) is 155 Å². The van der Waals surface area contributed by atoms with Crippen LogP contribution < -0.4 is 16.6 Å². The summed E-state index contributed by atoms with van der Waals surface area (Å²) < 4.78 is 0. The number of hydrogen-bond donors (Lipinski definition) is 4. The molecule has 0 saturated carbocycles. The summed E-state index contributed by atoms with van der Waals surface area (Å²) >= 11 is 0. The van der Waals surface area contributed by atoms with Gasteiger partial charge >= 0.3 is 5.97 Å². The Morgan fingerprint density at radius 2 is 2.11 bits per heavy atom. The zero-order chi connectivity index (χ0) is 13.7. The molecule has 0 aromatic carbocycles. The maximum Gasteiger partial charge on any atom is 0.305 e. The Morgan fingerprint density at radius 1 is 1.44 bits per heavy atom. The predicted molar refractivity (Wildman–Crippen MR) is 58.0 cm³/mol. The number of aromatic nitrogens is 2. The molecule has 0 saturated heterocycles. The molecule has 18 heavy (non-hydrogen) atoms. The third-order valence-corrected chi connectivity index (χ3v) is 1.90.